The lowest BCUT2D eigenvalue weighted by Crippen LogP contribution is -2.36. The van der Waals surface area contributed by atoms with Gasteiger partial charge in [0.1, 0.15) is 0 Å². The summed E-state index contributed by atoms with van der Waals surface area (Å²) in [5, 5.41) is 4.68. The third kappa shape index (κ3) is 4.41. The number of carbonyl (C=O) groups excluding carboxylic acids is 1. The number of nitrogens with one attached hydrogen (secondary N) is 1. The summed E-state index contributed by atoms with van der Waals surface area (Å²) in [6.07, 6.45) is 6.03. The average molecular weight is 391 g/mol. The molecule has 0 bridgehead atoms. The van der Waals surface area contributed by atoms with E-state index < -0.39 is 10.0 Å². The minimum atomic E-state index is -3.53. The van der Waals surface area contributed by atoms with E-state index in [0.717, 1.165) is 24.1 Å². The zero-order valence-corrected chi connectivity index (χ0v) is 16.3. The number of aryl methyl sites for hydroxylation is 1. The average Bonchev–Trinajstić information content (AvgIpc) is 3.16. The summed E-state index contributed by atoms with van der Waals surface area (Å²) >= 11 is 1.54. The van der Waals surface area contributed by atoms with Crippen LogP contribution in [0.4, 0.5) is 5.69 Å². The minimum Gasteiger partial charge on any atom is -0.322 e. The van der Waals surface area contributed by atoms with E-state index in [9.17, 15) is 13.2 Å². The van der Waals surface area contributed by atoms with E-state index in [0.29, 0.717) is 24.3 Å². The van der Waals surface area contributed by atoms with Gasteiger partial charge in [-0.1, -0.05) is 18.6 Å². The zero-order valence-electron chi connectivity index (χ0n) is 14.6. The first-order valence-corrected chi connectivity index (χ1v) is 10.9. The number of sulfonamides is 1. The van der Waals surface area contributed by atoms with Crippen LogP contribution in [-0.2, 0) is 14.8 Å². The van der Waals surface area contributed by atoms with E-state index in [1.807, 2.05) is 17.5 Å². The molecule has 1 N–H and O–H groups in total. The molecule has 5 nitrogen and oxygen atoms in total. The number of amides is 1. The SMILES string of the molecule is Cc1ccc(NC(=O)/C=C/c2cccs2)cc1S(=O)(=O)N1CCCCC1. The van der Waals surface area contributed by atoms with Crippen molar-refractivity contribution in [3.05, 3.63) is 52.2 Å². The molecule has 2 aromatic rings. The van der Waals surface area contributed by atoms with Gasteiger partial charge >= 0.3 is 0 Å². The van der Waals surface area contributed by atoms with E-state index in [1.165, 1.54) is 6.08 Å². The van der Waals surface area contributed by atoms with Crippen LogP contribution in [-0.4, -0.2) is 31.7 Å². The van der Waals surface area contributed by atoms with Gasteiger partial charge in [-0.05, 0) is 55.0 Å². The number of anilines is 1. The van der Waals surface area contributed by atoms with Gasteiger partial charge in [0.25, 0.3) is 0 Å². The number of nitrogens with zero attached hydrogens (tertiary/aromatic N) is 1. The van der Waals surface area contributed by atoms with Crippen LogP contribution in [0.15, 0.2) is 46.7 Å². The second-order valence-electron chi connectivity index (χ2n) is 6.28. The molecule has 3 rings (SSSR count). The molecule has 138 valence electrons. The monoisotopic (exact) mass is 390 g/mol. The Morgan fingerprint density at radius 1 is 1.19 bits per heavy atom. The third-order valence-electron chi connectivity index (χ3n) is 4.33. The molecule has 0 aliphatic carbocycles. The van der Waals surface area contributed by atoms with Crippen LogP contribution in [0.2, 0.25) is 0 Å². The predicted molar refractivity (Wildman–Crippen MR) is 106 cm³/mol. The first kappa shape index (κ1) is 18.8. The molecule has 1 aliphatic heterocycles. The van der Waals surface area contributed by atoms with Crippen molar-refractivity contribution >= 4 is 39.0 Å². The van der Waals surface area contributed by atoms with Crippen molar-refractivity contribution in [2.24, 2.45) is 0 Å². The zero-order chi connectivity index (χ0) is 18.6. The Labute approximate surface area is 158 Å². The molecule has 0 saturated carbocycles. The molecular formula is C19H22N2O3S2. The van der Waals surface area contributed by atoms with Crippen LogP contribution in [0.1, 0.15) is 29.7 Å². The van der Waals surface area contributed by atoms with E-state index in [1.54, 1.807) is 46.8 Å². The van der Waals surface area contributed by atoms with Crippen LogP contribution in [0.25, 0.3) is 6.08 Å². The Balaban J connectivity index is 1.78. The second-order valence-corrected chi connectivity index (χ2v) is 9.17. The van der Waals surface area contributed by atoms with E-state index in [2.05, 4.69) is 5.32 Å². The molecule has 1 aromatic carbocycles. The predicted octanol–water partition coefficient (Wildman–Crippen LogP) is 3.88. The molecule has 26 heavy (non-hydrogen) atoms. The fourth-order valence-corrected chi connectivity index (χ4v) is 5.31. The van der Waals surface area contributed by atoms with Crippen molar-refractivity contribution < 1.29 is 13.2 Å². The van der Waals surface area contributed by atoms with Gasteiger partial charge in [0.05, 0.1) is 4.90 Å². The number of carbonyl (C=O) groups is 1. The smallest absolute Gasteiger partial charge is 0.248 e. The normalized spacial score (nSPS) is 16.0. The first-order valence-electron chi connectivity index (χ1n) is 8.60. The van der Waals surface area contributed by atoms with E-state index in [-0.39, 0.29) is 10.8 Å². The number of piperidine rings is 1. The van der Waals surface area contributed by atoms with Gasteiger partial charge in [-0.3, -0.25) is 4.79 Å². The molecule has 1 amide bonds. The Morgan fingerprint density at radius 2 is 1.96 bits per heavy atom. The quantitative estimate of drug-likeness (QED) is 0.788. The van der Waals surface area contributed by atoms with E-state index >= 15 is 0 Å². The summed E-state index contributed by atoms with van der Waals surface area (Å²) in [5.74, 6) is -0.288. The largest absolute Gasteiger partial charge is 0.322 e. The van der Waals surface area contributed by atoms with Crippen LogP contribution in [0.3, 0.4) is 0 Å². The van der Waals surface area contributed by atoms with E-state index in [4.69, 9.17) is 0 Å². The number of hydrogen-bond acceptors (Lipinski definition) is 4. The Bertz CT molecular complexity index is 897. The Hall–Kier alpha value is -1.96. The maximum atomic E-state index is 12.9. The van der Waals surface area contributed by atoms with Crippen LogP contribution < -0.4 is 5.32 Å². The highest BCUT2D eigenvalue weighted by molar-refractivity contribution is 7.89. The third-order valence-corrected chi connectivity index (χ3v) is 7.21. The lowest BCUT2D eigenvalue weighted by atomic mass is 10.2. The second kappa shape index (κ2) is 8.16. The first-order chi connectivity index (χ1) is 12.5. The molecular weight excluding hydrogens is 368 g/mol. The number of thiophene rings is 1. The summed E-state index contributed by atoms with van der Waals surface area (Å²) in [7, 11) is -3.53. The highest BCUT2D eigenvalue weighted by Crippen LogP contribution is 2.26. The molecule has 1 aromatic heterocycles. The summed E-state index contributed by atoms with van der Waals surface area (Å²) in [4.78, 5) is 13.3. The summed E-state index contributed by atoms with van der Waals surface area (Å²) in [5.41, 5.74) is 1.16. The van der Waals surface area contributed by atoms with Gasteiger partial charge in [0.15, 0.2) is 0 Å². The number of hydrogen-bond donors (Lipinski definition) is 1. The fraction of sp³-hybridized carbons (Fsp3) is 0.316. The molecule has 1 fully saturated rings. The molecule has 7 heteroatoms. The highest BCUT2D eigenvalue weighted by atomic mass is 32.2. The van der Waals surface area contributed by atoms with Gasteiger partial charge in [-0.15, -0.1) is 11.3 Å². The van der Waals surface area contributed by atoms with Gasteiger partial charge in [-0.25, -0.2) is 8.42 Å². The summed E-state index contributed by atoms with van der Waals surface area (Å²) in [6, 6.07) is 8.84. The standard InChI is InChI=1S/C19H22N2O3S2/c1-15-7-8-16(20-19(22)10-9-17-6-5-13-25-17)14-18(15)26(23,24)21-11-3-2-4-12-21/h5-10,13-14H,2-4,11-12H2,1H3,(H,20,22)/b10-9+. The Kier molecular flexibility index (Phi) is 5.90. The van der Waals surface area contributed by atoms with Gasteiger partial charge in [-0.2, -0.15) is 4.31 Å². The molecule has 2 heterocycles. The minimum absolute atomic E-state index is 0.263. The molecule has 1 saturated heterocycles. The van der Waals surface area contributed by atoms with Crippen molar-refractivity contribution in [1.82, 2.24) is 4.31 Å². The maximum absolute atomic E-state index is 12.9. The van der Waals surface area contributed by atoms with Crippen LogP contribution >= 0.6 is 11.3 Å². The van der Waals surface area contributed by atoms with Crippen molar-refractivity contribution in [1.29, 1.82) is 0 Å². The number of benzene rings is 1. The maximum Gasteiger partial charge on any atom is 0.248 e. The van der Waals surface area contributed by atoms with Crippen molar-refractivity contribution in [3.8, 4) is 0 Å². The van der Waals surface area contributed by atoms with Gasteiger partial charge < -0.3 is 5.32 Å². The fourth-order valence-electron chi connectivity index (χ4n) is 2.93. The van der Waals surface area contributed by atoms with Crippen molar-refractivity contribution in [2.75, 3.05) is 18.4 Å². The molecule has 0 radical (unpaired) electrons. The molecule has 0 unspecified atom stereocenters. The van der Waals surface area contributed by atoms with Gasteiger partial charge in [0, 0.05) is 29.7 Å². The number of rotatable bonds is 5. The van der Waals surface area contributed by atoms with Crippen molar-refractivity contribution in [2.45, 2.75) is 31.1 Å². The lowest BCUT2D eigenvalue weighted by molar-refractivity contribution is -0.111. The molecule has 0 spiro atoms. The van der Waals surface area contributed by atoms with Crippen LogP contribution in [0, 0.1) is 6.92 Å². The molecule has 1 aliphatic rings. The van der Waals surface area contributed by atoms with Crippen LogP contribution in [0.5, 0.6) is 0 Å². The van der Waals surface area contributed by atoms with Gasteiger partial charge in [0.2, 0.25) is 15.9 Å². The van der Waals surface area contributed by atoms with Crippen molar-refractivity contribution in [3.63, 3.8) is 0 Å². The topological polar surface area (TPSA) is 66.5 Å². The molecule has 0 atom stereocenters. The highest BCUT2D eigenvalue weighted by Gasteiger charge is 2.27. The lowest BCUT2D eigenvalue weighted by Gasteiger charge is -2.26. The summed E-state index contributed by atoms with van der Waals surface area (Å²) < 4.78 is 27.4. The summed E-state index contributed by atoms with van der Waals surface area (Å²) in [6.45, 7) is 2.89. The Morgan fingerprint density at radius 3 is 2.65 bits per heavy atom.